The van der Waals surface area contributed by atoms with Gasteiger partial charge in [-0.3, -0.25) is 18.7 Å². The number of rotatable bonds is 11. The maximum absolute atomic E-state index is 13.8. The lowest BCUT2D eigenvalue weighted by Crippen LogP contribution is -2.56. The first kappa shape index (κ1) is 37.8. The lowest BCUT2D eigenvalue weighted by molar-refractivity contribution is -0.141. The van der Waals surface area contributed by atoms with Crippen LogP contribution in [0.3, 0.4) is 0 Å². The van der Waals surface area contributed by atoms with E-state index in [9.17, 15) is 22.8 Å². The molecule has 1 aliphatic carbocycles. The molecule has 2 aliphatic rings. The molecule has 0 bridgehead atoms. The summed E-state index contributed by atoms with van der Waals surface area (Å²) in [5, 5.41) is 7.23. The smallest absolute Gasteiger partial charge is 0.287 e. The van der Waals surface area contributed by atoms with Gasteiger partial charge in [0.2, 0.25) is 15.9 Å². The average Bonchev–Trinajstić information content (AvgIpc) is 3.07. The Balaban J connectivity index is 1.30. The van der Waals surface area contributed by atoms with Crippen molar-refractivity contribution in [3.63, 3.8) is 0 Å². The number of nitrogens with one attached hydrogen (secondary N) is 2. The fraction of sp³-hybridized carbons (Fsp3) is 0.553. The van der Waals surface area contributed by atoms with Gasteiger partial charge in [-0.05, 0) is 114 Å². The molecule has 0 unspecified atom stereocenters. The Bertz CT molecular complexity index is 1840. The minimum Gasteiger partial charge on any atom is -0.451 e. The quantitative estimate of drug-likeness (QED) is 0.243. The number of anilines is 1. The van der Waals surface area contributed by atoms with Crippen LogP contribution in [0.1, 0.15) is 88.3 Å². The first-order valence-electron chi connectivity index (χ1n) is 17.7. The van der Waals surface area contributed by atoms with Crippen molar-refractivity contribution < 1.29 is 22.4 Å². The summed E-state index contributed by atoms with van der Waals surface area (Å²) in [6, 6.07) is 12.9. The zero-order valence-electron chi connectivity index (χ0n) is 29.9. The molecule has 2 heterocycles. The van der Waals surface area contributed by atoms with Crippen molar-refractivity contribution in [3.05, 3.63) is 75.1 Å². The first-order chi connectivity index (χ1) is 23.5. The van der Waals surface area contributed by atoms with Crippen LogP contribution in [0.25, 0.3) is 11.0 Å². The van der Waals surface area contributed by atoms with Gasteiger partial charge in [0.15, 0.2) is 11.2 Å². The predicted octanol–water partition coefficient (Wildman–Crippen LogP) is 6.15. The van der Waals surface area contributed by atoms with Crippen LogP contribution < -0.4 is 20.4 Å². The number of halogens is 1. The molecule has 1 saturated heterocycles. The molecule has 1 aliphatic heterocycles. The van der Waals surface area contributed by atoms with E-state index >= 15 is 0 Å². The van der Waals surface area contributed by atoms with Crippen molar-refractivity contribution >= 4 is 50.1 Å². The highest BCUT2D eigenvalue weighted by atomic mass is 35.5. The Morgan fingerprint density at radius 2 is 1.70 bits per heavy atom. The largest absolute Gasteiger partial charge is 0.451 e. The van der Waals surface area contributed by atoms with Crippen molar-refractivity contribution in [3.8, 4) is 0 Å². The van der Waals surface area contributed by atoms with Crippen molar-refractivity contribution in [2.24, 2.45) is 11.3 Å². The number of hydrogen-bond donors (Lipinski definition) is 2. The molecule has 5 rings (SSSR count). The number of nitrogens with zero attached hydrogens (tertiary/aromatic N) is 2. The van der Waals surface area contributed by atoms with Crippen molar-refractivity contribution in [1.82, 2.24) is 15.5 Å². The summed E-state index contributed by atoms with van der Waals surface area (Å²) in [7, 11) is -2.12. The number of benzene rings is 2. The second kappa shape index (κ2) is 15.5. The minimum absolute atomic E-state index is 0.118. The zero-order chi connectivity index (χ0) is 36.3. The van der Waals surface area contributed by atoms with Crippen molar-refractivity contribution in [2.75, 3.05) is 37.2 Å². The Kier molecular flexibility index (Phi) is 11.7. The van der Waals surface area contributed by atoms with Crippen LogP contribution in [-0.4, -0.2) is 69.7 Å². The summed E-state index contributed by atoms with van der Waals surface area (Å²) in [6.45, 7) is 8.49. The second-order valence-electron chi connectivity index (χ2n) is 15.2. The van der Waals surface area contributed by atoms with E-state index in [1.165, 1.54) is 44.5 Å². The molecule has 2 N–H and O–H groups in total. The molecule has 1 saturated carbocycles. The first-order valence-corrected chi connectivity index (χ1v) is 19.9. The van der Waals surface area contributed by atoms with Crippen LogP contribution in [0, 0.1) is 11.3 Å². The number of amides is 2. The molecule has 0 radical (unpaired) electrons. The van der Waals surface area contributed by atoms with E-state index in [1.807, 2.05) is 45.0 Å². The van der Waals surface area contributed by atoms with E-state index in [2.05, 4.69) is 15.5 Å². The molecule has 272 valence electrons. The molecule has 2 amide bonds. The van der Waals surface area contributed by atoms with E-state index in [0.717, 1.165) is 67.5 Å². The van der Waals surface area contributed by atoms with E-state index in [4.69, 9.17) is 16.0 Å². The maximum atomic E-state index is 13.8. The normalized spacial score (nSPS) is 18.0. The Labute approximate surface area is 301 Å². The molecule has 3 aromatic rings. The highest BCUT2D eigenvalue weighted by Gasteiger charge is 2.48. The van der Waals surface area contributed by atoms with Gasteiger partial charge in [-0.25, -0.2) is 8.42 Å². The highest BCUT2D eigenvalue weighted by Crippen LogP contribution is 2.46. The van der Waals surface area contributed by atoms with Gasteiger partial charge in [0.25, 0.3) is 5.91 Å². The minimum atomic E-state index is -3.53. The Morgan fingerprint density at radius 3 is 2.32 bits per heavy atom. The number of carbonyl (C=O) groups excluding carboxylic acids is 2. The highest BCUT2D eigenvalue weighted by molar-refractivity contribution is 7.92. The number of hydrogen-bond acceptors (Lipinski definition) is 7. The van der Waals surface area contributed by atoms with E-state index < -0.39 is 21.4 Å². The van der Waals surface area contributed by atoms with Crippen LogP contribution >= 0.6 is 11.6 Å². The number of likely N-dealkylation sites (tertiary alicyclic amines) is 1. The lowest BCUT2D eigenvalue weighted by Gasteiger charge is -2.47. The number of carbonyl (C=O) groups is 2. The molecule has 10 nitrogen and oxygen atoms in total. The third-order valence-corrected chi connectivity index (χ3v) is 11.9. The number of piperidine rings is 1. The third kappa shape index (κ3) is 9.27. The van der Waals surface area contributed by atoms with Crippen molar-refractivity contribution in [2.45, 2.75) is 90.1 Å². The van der Waals surface area contributed by atoms with Crippen LogP contribution in [-0.2, 0) is 21.2 Å². The monoisotopic (exact) mass is 726 g/mol. The maximum Gasteiger partial charge on any atom is 0.287 e. The van der Waals surface area contributed by atoms with Crippen LogP contribution in [0.15, 0.2) is 57.7 Å². The molecule has 50 heavy (non-hydrogen) atoms. The molecule has 1 atom stereocenters. The van der Waals surface area contributed by atoms with E-state index in [-0.39, 0.29) is 39.6 Å². The second-order valence-corrected chi connectivity index (χ2v) is 17.7. The molecule has 0 spiro atoms. The summed E-state index contributed by atoms with van der Waals surface area (Å²) < 4.78 is 31.0. The SMILES string of the molecule is CN(c1ccc2oc(C(=O)N[C@H](CCN3CCC(C(=O)NC(C)(C)C)(C4CCCCC4)CC3)Cc3ccc(Cl)cc3)cc(=O)c2c1)S(C)(=O)=O. The van der Waals surface area contributed by atoms with E-state index in [1.54, 1.807) is 0 Å². The lowest BCUT2D eigenvalue weighted by atomic mass is 9.63. The molecule has 2 aromatic carbocycles. The van der Waals surface area contributed by atoms with Gasteiger partial charge in [0, 0.05) is 36.3 Å². The van der Waals surface area contributed by atoms with E-state index in [0.29, 0.717) is 29.5 Å². The summed E-state index contributed by atoms with van der Waals surface area (Å²) in [4.78, 5) is 42.9. The summed E-state index contributed by atoms with van der Waals surface area (Å²) in [5.41, 5.74) is 0.431. The van der Waals surface area contributed by atoms with Gasteiger partial charge >= 0.3 is 0 Å². The van der Waals surface area contributed by atoms with Crippen LogP contribution in [0.5, 0.6) is 0 Å². The summed E-state index contributed by atoms with van der Waals surface area (Å²) in [5.74, 6) is -0.0246. The van der Waals surface area contributed by atoms with Gasteiger partial charge in [-0.1, -0.05) is 43.0 Å². The third-order valence-electron chi connectivity index (χ3n) is 10.4. The fourth-order valence-corrected chi connectivity index (χ4v) is 8.11. The molecular formula is C38H51ClN4O6S. The van der Waals surface area contributed by atoms with Gasteiger partial charge in [0.1, 0.15) is 5.58 Å². The fourth-order valence-electron chi connectivity index (χ4n) is 7.49. The average molecular weight is 727 g/mol. The number of sulfonamides is 1. The van der Waals surface area contributed by atoms with Crippen molar-refractivity contribution in [1.29, 1.82) is 0 Å². The summed E-state index contributed by atoms with van der Waals surface area (Å²) >= 11 is 6.14. The Morgan fingerprint density at radius 1 is 1.04 bits per heavy atom. The van der Waals surface area contributed by atoms with Gasteiger partial charge in [-0.2, -0.15) is 0 Å². The van der Waals surface area contributed by atoms with Gasteiger partial charge in [-0.15, -0.1) is 0 Å². The topological polar surface area (TPSA) is 129 Å². The molecule has 12 heteroatoms. The van der Waals surface area contributed by atoms with Gasteiger partial charge in [0.05, 0.1) is 22.7 Å². The molecule has 1 aromatic heterocycles. The summed E-state index contributed by atoms with van der Waals surface area (Å²) in [6.07, 6.45) is 9.74. The predicted molar refractivity (Wildman–Crippen MR) is 199 cm³/mol. The van der Waals surface area contributed by atoms with Crippen LogP contribution in [0.2, 0.25) is 5.02 Å². The van der Waals surface area contributed by atoms with Gasteiger partial charge < -0.3 is 20.0 Å². The number of fused-ring (bicyclic) bond motifs is 1. The molecular weight excluding hydrogens is 676 g/mol. The standard InChI is InChI=1S/C38H51ClN4O6S/c1-37(2,3)41-36(46)38(27-9-7-6-8-10-27)18-21-43(22-19-38)20-17-29(23-26-11-13-28(39)14-12-26)40-35(45)34-25-32(44)31-24-30(15-16-33(31)49-34)42(4)50(5,47)48/h11-16,24-25,27,29H,6-10,17-23H2,1-5H3,(H,40,45)(H,41,46)/t29-/m1/s1. The van der Waals surface area contributed by atoms with Crippen LogP contribution in [0.4, 0.5) is 5.69 Å². The Hall–Kier alpha value is -3.41. The molecule has 2 fully saturated rings. The zero-order valence-corrected chi connectivity index (χ0v) is 31.5.